The second kappa shape index (κ2) is 12.4. The minimum atomic E-state index is -4.40. The largest absolute Gasteiger partial charge is 0.390 e. The van der Waals surface area contributed by atoms with E-state index in [-0.39, 0.29) is 35.5 Å². The molecular weight excluding hydrogens is 555 g/mol. The lowest BCUT2D eigenvalue weighted by Crippen LogP contribution is -2.52. The Hall–Kier alpha value is -3.48. The van der Waals surface area contributed by atoms with Crippen LogP contribution in [-0.2, 0) is 21.4 Å². The molecule has 7 nitrogen and oxygen atoms in total. The van der Waals surface area contributed by atoms with Gasteiger partial charge in [-0.1, -0.05) is 49.0 Å². The van der Waals surface area contributed by atoms with E-state index < -0.39 is 53.1 Å². The van der Waals surface area contributed by atoms with Crippen molar-refractivity contribution in [3.63, 3.8) is 0 Å². The molecule has 0 saturated heterocycles. The van der Waals surface area contributed by atoms with E-state index in [1.54, 1.807) is 32.0 Å². The zero-order valence-electron chi connectivity index (χ0n) is 22.0. The topological polar surface area (TPSA) is 90.9 Å². The van der Waals surface area contributed by atoms with Gasteiger partial charge in [0.1, 0.15) is 6.04 Å². The van der Waals surface area contributed by atoms with Crippen molar-refractivity contribution in [2.24, 2.45) is 4.99 Å². The van der Waals surface area contributed by atoms with Gasteiger partial charge in [0.05, 0.1) is 29.2 Å². The maximum Gasteiger partial charge on any atom is 0.390 e. The number of sulfonamides is 1. The van der Waals surface area contributed by atoms with E-state index in [9.17, 15) is 35.2 Å². The average molecular weight is 587 g/mol. The third-order valence-corrected chi connectivity index (χ3v) is 8.14. The van der Waals surface area contributed by atoms with Gasteiger partial charge in [0.25, 0.3) is 16.4 Å². The lowest BCUT2D eigenvalue weighted by molar-refractivity contribution is -0.136. The number of carbonyl (C=O) groups is 1. The molecule has 1 atom stereocenters. The quantitative estimate of drug-likeness (QED) is 0.329. The standard InChI is InChI=1S/C27H31F5N4O3S/c1-18(9-14-22-34-23(26(2,3)35-22)25(37)33-16-15-27(30,31)32)36(40(38,39)21-7-5-4-6-8-21)17-19-10-12-20(13-11-19)24(28)29/h4-8,10-13,23-24H,1,9,14-17H2,2-3H3,(H,33,37)(H,34,35)/t23-/m0/s1. The van der Waals surface area contributed by atoms with Gasteiger partial charge in [-0.3, -0.25) is 14.1 Å². The lowest BCUT2D eigenvalue weighted by Gasteiger charge is -2.27. The zero-order chi connectivity index (χ0) is 29.7. The van der Waals surface area contributed by atoms with Crippen molar-refractivity contribution < 1.29 is 35.2 Å². The van der Waals surface area contributed by atoms with E-state index in [2.05, 4.69) is 22.2 Å². The van der Waals surface area contributed by atoms with Crippen LogP contribution < -0.4 is 10.6 Å². The predicted molar refractivity (Wildman–Crippen MR) is 141 cm³/mol. The van der Waals surface area contributed by atoms with Crippen molar-refractivity contribution in [1.82, 2.24) is 14.9 Å². The maximum atomic E-state index is 13.5. The van der Waals surface area contributed by atoms with Crippen LogP contribution in [0.2, 0.25) is 0 Å². The fraction of sp³-hybridized carbons (Fsp3) is 0.407. The Morgan fingerprint density at radius 3 is 2.33 bits per heavy atom. The summed E-state index contributed by atoms with van der Waals surface area (Å²) in [5, 5.41) is 5.21. The van der Waals surface area contributed by atoms with Crippen molar-refractivity contribution >= 4 is 21.8 Å². The minimum absolute atomic E-state index is 0.0217. The fourth-order valence-electron chi connectivity index (χ4n) is 4.14. The molecule has 40 heavy (non-hydrogen) atoms. The number of hydrogen-bond acceptors (Lipinski definition) is 5. The Labute approximate surface area is 230 Å². The first-order valence-corrected chi connectivity index (χ1v) is 13.9. The number of amidine groups is 1. The molecule has 2 N–H and O–H groups in total. The number of nitrogens with one attached hydrogen (secondary N) is 2. The minimum Gasteiger partial charge on any atom is -0.360 e. The highest BCUT2D eigenvalue weighted by Gasteiger charge is 2.41. The summed E-state index contributed by atoms with van der Waals surface area (Å²) in [6.45, 7) is 6.56. The monoisotopic (exact) mass is 586 g/mol. The second-order valence-corrected chi connectivity index (χ2v) is 11.7. The van der Waals surface area contributed by atoms with E-state index in [1.807, 2.05) is 0 Å². The average Bonchev–Trinajstić information content (AvgIpc) is 3.19. The molecule has 0 fully saturated rings. The van der Waals surface area contributed by atoms with Gasteiger partial charge in [-0.25, -0.2) is 17.2 Å². The summed E-state index contributed by atoms with van der Waals surface area (Å²) in [6.07, 6.45) is -7.95. The SMILES string of the molecule is C=C(CCC1=NC(C)(C)[C@H](C(=O)NCCC(F)(F)F)N1)N(Cc1ccc(C(F)F)cc1)S(=O)(=O)c1ccccc1. The molecule has 1 amide bonds. The van der Waals surface area contributed by atoms with Gasteiger partial charge < -0.3 is 10.6 Å². The molecule has 2 aromatic rings. The maximum absolute atomic E-state index is 13.5. The first kappa shape index (κ1) is 31.1. The molecule has 2 aromatic carbocycles. The lowest BCUT2D eigenvalue weighted by atomic mass is 9.96. The Kier molecular flexibility index (Phi) is 9.60. The molecule has 0 radical (unpaired) electrons. The summed E-state index contributed by atoms with van der Waals surface area (Å²) in [5.74, 6) is -0.257. The summed E-state index contributed by atoms with van der Waals surface area (Å²) in [4.78, 5) is 17.0. The Bertz CT molecular complexity index is 1330. The van der Waals surface area contributed by atoms with Crippen molar-refractivity contribution in [3.8, 4) is 0 Å². The number of carbonyl (C=O) groups excluding carboxylic acids is 1. The smallest absolute Gasteiger partial charge is 0.360 e. The molecule has 3 rings (SSSR count). The Morgan fingerprint density at radius 1 is 1.12 bits per heavy atom. The number of benzene rings is 2. The van der Waals surface area contributed by atoms with Crippen LogP contribution in [-0.4, -0.2) is 48.8 Å². The van der Waals surface area contributed by atoms with Crippen LogP contribution in [0.4, 0.5) is 22.0 Å². The van der Waals surface area contributed by atoms with E-state index in [4.69, 9.17) is 0 Å². The summed E-state index contributed by atoms with van der Waals surface area (Å²) >= 11 is 0. The van der Waals surface area contributed by atoms with Crippen molar-refractivity contribution in [2.45, 2.75) is 68.7 Å². The van der Waals surface area contributed by atoms with E-state index in [0.29, 0.717) is 11.4 Å². The molecule has 0 saturated carbocycles. The van der Waals surface area contributed by atoms with Crippen LogP contribution in [0.5, 0.6) is 0 Å². The number of alkyl halides is 5. The molecule has 218 valence electrons. The number of aliphatic imine (C=N–C) groups is 1. The predicted octanol–water partition coefficient (Wildman–Crippen LogP) is 5.33. The van der Waals surface area contributed by atoms with Crippen LogP contribution in [0, 0.1) is 0 Å². The van der Waals surface area contributed by atoms with Crippen LogP contribution in [0.25, 0.3) is 0 Å². The zero-order valence-corrected chi connectivity index (χ0v) is 22.8. The molecule has 0 bridgehead atoms. The van der Waals surface area contributed by atoms with Crippen LogP contribution >= 0.6 is 0 Å². The number of halogens is 5. The van der Waals surface area contributed by atoms with Gasteiger partial charge in [-0.15, -0.1) is 0 Å². The van der Waals surface area contributed by atoms with Crippen LogP contribution in [0.15, 0.2) is 76.8 Å². The van der Waals surface area contributed by atoms with E-state index in [0.717, 1.165) is 4.31 Å². The van der Waals surface area contributed by atoms with Crippen molar-refractivity contribution in [1.29, 1.82) is 0 Å². The molecule has 1 aliphatic heterocycles. The fourth-order valence-corrected chi connectivity index (χ4v) is 5.65. The normalized spacial score (nSPS) is 16.8. The molecular formula is C27H31F5N4O3S. The van der Waals surface area contributed by atoms with Crippen LogP contribution in [0.3, 0.4) is 0 Å². The van der Waals surface area contributed by atoms with Gasteiger partial charge in [-0.2, -0.15) is 13.2 Å². The van der Waals surface area contributed by atoms with E-state index in [1.165, 1.54) is 36.4 Å². The first-order valence-electron chi connectivity index (χ1n) is 12.4. The second-order valence-electron chi connectivity index (χ2n) is 9.88. The molecule has 0 aliphatic carbocycles. The molecule has 0 aromatic heterocycles. The molecule has 0 spiro atoms. The number of allylic oxidation sites excluding steroid dienone is 1. The van der Waals surface area contributed by atoms with Crippen LogP contribution in [0.1, 0.15) is 50.7 Å². The summed E-state index contributed by atoms with van der Waals surface area (Å²) < 4.78 is 91.5. The first-order chi connectivity index (χ1) is 18.6. The summed E-state index contributed by atoms with van der Waals surface area (Å²) in [5.41, 5.74) is -0.480. The van der Waals surface area contributed by atoms with Crippen molar-refractivity contribution in [2.75, 3.05) is 6.54 Å². The van der Waals surface area contributed by atoms with Gasteiger partial charge >= 0.3 is 6.18 Å². The van der Waals surface area contributed by atoms with Gasteiger partial charge in [0.15, 0.2) is 0 Å². The Morgan fingerprint density at radius 2 is 1.75 bits per heavy atom. The molecule has 13 heteroatoms. The third kappa shape index (κ3) is 8.03. The number of rotatable bonds is 12. The number of amides is 1. The number of hydrogen-bond donors (Lipinski definition) is 2. The van der Waals surface area contributed by atoms with E-state index >= 15 is 0 Å². The highest BCUT2D eigenvalue weighted by atomic mass is 32.2. The Balaban J connectivity index is 1.73. The molecule has 0 unspecified atom stereocenters. The van der Waals surface area contributed by atoms with Gasteiger partial charge in [0, 0.05) is 24.2 Å². The third-order valence-electron chi connectivity index (χ3n) is 6.30. The van der Waals surface area contributed by atoms with Crippen molar-refractivity contribution in [3.05, 3.63) is 78.0 Å². The molecule has 1 heterocycles. The van der Waals surface area contributed by atoms with Gasteiger partial charge in [0.2, 0.25) is 5.91 Å². The number of nitrogens with zero attached hydrogens (tertiary/aromatic N) is 2. The summed E-state index contributed by atoms with van der Waals surface area (Å²) in [7, 11) is -4.07. The molecule has 1 aliphatic rings. The van der Waals surface area contributed by atoms with Gasteiger partial charge in [-0.05, 0) is 38.0 Å². The highest BCUT2D eigenvalue weighted by Crippen LogP contribution is 2.28. The summed E-state index contributed by atoms with van der Waals surface area (Å²) in [6, 6.07) is 12.1. The highest BCUT2D eigenvalue weighted by molar-refractivity contribution is 7.89.